The van der Waals surface area contributed by atoms with Crippen LogP contribution in [-0.4, -0.2) is 47.2 Å². The lowest BCUT2D eigenvalue weighted by atomic mass is 10.1. The van der Waals surface area contributed by atoms with Crippen molar-refractivity contribution in [3.8, 4) is 11.5 Å². The van der Waals surface area contributed by atoms with Crippen LogP contribution in [0.15, 0.2) is 32.6 Å². The molecule has 0 spiro atoms. The summed E-state index contributed by atoms with van der Waals surface area (Å²) in [5.41, 5.74) is 6.32. The van der Waals surface area contributed by atoms with Crippen LogP contribution >= 0.6 is 11.3 Å². The third kappa shape index (κ3) is 2.70. The molecule has 1 aliphatic rings. The van der Waals surface area contributed by atoms with Crippen LogP contribution in [0.5, 0.6) is 0 Å². The first-order valence-electron chi connectivity index (χ1n) is 6.43. The van der Waals surface area contributed by atoms with Crippen LogP contribution in [0.4, 0.5) is 0 Å². The van der Waals surface area contributed by atoms with E-state index in [-0.39, 0.29) is 11.4 Å². The van der Waals surface area contributed by atoms with Gasteiger partial charge < -0.3 is 15.5 Å². The molecule has 0 fully saturated rings. The second-order valence-electron chi connectivity index (χ2n) is 4.77. The molecule has 9 heteroatoms. The van der Waals surface area contributed by atoms with Gasteiger partial charge in [-0.1, -0.05) is 0 Å². The van der Waals surface area contributed by atoms with Crippen LogP contribution in [0.3, 0.4) is 0 Å². The van der Waals surface area contributed by atoms with Crippen molar-refractivity contribution < 1.29 is 14.0 Å². The summed E-state index contributed by atoms with van der Waals surface area (Å²) in [5, 5.41) is 12.0. The van der Waals surface area contributed by atoms with E-state index in [0.717, 1.165) is 5.56 Å². The minimum Gasteiger partial charge on any atom is -0.444 e. The SMILES string of the molecule is CN1CC(NC(=O)c2coc(-c3ccsc3)n2)C(C(N)=O)=N1. The van der Waals surface area contributed by atoms with Crippen molar-refractivity contribution in [1.82, 2.24) is 15.3 Å². The summed E-state index contributed by atoms with van der Waals surface area (Å²) in [5.74, 6) is -0.730. The molecule has 2 aromatic rings. The highest BCUT2D eigenvalue weighted by atomic mass is 32.1. The maximum Gasteiger partial charge on any atom is 0.273 e. The van der Waals surface area contributed by atoms with Gasteiger partial charge in [-0.25, -0.2) is 4.98 Å². The van der Waals surface area contributed by atoms with E-state index in [1.165, 1.54) is 17.6 Å². The fourth-order valence-corrected chi connectivity index (χ4v) is 2.74. The number of amides is 2. The van der Waals surface area contributed by atoms with E-state index in [1.807, 2.05) is 16.8 Å². The van der Waals surface area contributed by atoms with Crippen molar-refractivity contribution in [3.05, 3.63) is 28.8 Å². The smallest absolute Gasteiger partial charge is 0.273 e. The van der Waals surface area contributed by atoms with Crippen LogP contribution in [0.1, 0.15) is 10.5 Å². The van der Waals surface area contributed by atoms with E-state index in [2.05, 4.69) is 15.4 Å². The summed E-state index contributed by atoms with van der Waals surface area (Å²) in [6.45, 7) is 0.374. The normalized spacial score (nSPS) is 17.4. The Morgan fingerprint density at radius 1 is 1.55 bits per heavy atom. The summed E-state index contributed by atoms with van der Waals surface area (Å²) in [7, 11) is 1.69. The fraction of sp³-hybridized carbons (Fsp3) is 0.231. The number of nitrogens with one attached hydrogen (secondary N) is 1. The van der Waals surface area contributed by atoms with Crippen LogP contribution in [0.25, 0.3) is 11.5 Å². The second kappa shape index (κ2) is 5.60. The molecule has 3 rings (SSSR count). The maximum atomic E-state index is 12.2. The van der Waals surface area contributed by atoms with Crippen LogP contribution in [0, 0.1) is 0 Å². The topological polar surface area (TPSA) is 114 Å². The Balaban J connectivity index is 1.73. The lowest BCUT2D eigenvalue weighted by molar-refractivity contribution is -0.112. The van der Waals surface area contributed by atoms with Crippen molar-refractivity contribution in [1.29, 1.82) is 0 Å². The number of hydrogen-bond acceptors (Lipinski definition) is 7. The molecule has 2 aromatic heterocycles. The average Bonchev–Trinajstić information content (AvgIpc) is 3.17. The van der Waals surface area contributed by atoms with Gasteiger partial charge in [0.05, 0.1) is 12.6 Å². The highest BCUT2D eigenvalue weighted by molar-refractivity contribution is 7.08. The van der Waals surface area contributed by atoms with E-state index in [9.17, 15) is 9.59 Å². The Kier molecular flexibility index (Phi) is 3.63. The number of nitrogens with zero attached hydrogens (tertiary/aromatic N) is 3. The first-order valence-corrected chi connectivity index (χ1v) is 7.37. The van der Waals surface area contributed by atoms with E-state index in [0.29, 0.717) is 12.4 Å². The molecule has 0 radical (unpaired) electrons. The van der Waals surface area contributed by atoms with Crippen molar-refractivity contribution in [2.45, 2.75) is 6.04 Å². The van der Waals surface area contributed by atoms with Gasteiger partial charge >= 0.3 is 0 Å². The van der Waals surface area contributed by atoms with E-state index >= 15 is 0 Å². The zero-order valence-corrected chi connectivity index (χ0v) is 12.5. The van der Waals surface area contributed by atoms with Gasteiger partial charge in [-0.15, -0.1) is 0 Å². The number of carbonyl (C=O) groups excluding carboxylic acids is 2. The molecule has 2 amide bonds. The minimum absolute atomic E-state index is 0.123. The van der Waals surface area contributed by atoms with Gasteiger partial charge in [-0.3, -0.25) is 14.6 Å². The quantitative estimate of drug-likeness (QED) is 0.840. The number of aromatic nitrogens is 1. The third-order valence-electron chi connectivity index (χ3n) is 3.12. The number of thiophene rings is 1. The Bertz CT molecular complexity index is 737. The minimum atomic E-state index is -0.659. The highest BCUT2D eigenvalue weighted by Gasteiger charge is 2.30. The van der Waals surface area contributed by atoms with Gasteiger partial charge in [0.2, 0.25) is 5.89 Å². The average molecular weight is 319 g/mol. The number of nitrogens with two attached hydrogens (primary N) is 1. The van der Waals surface area contributed by atoms with Gasteiger partial charge in [0, 0.05) is 18.0 Å². The van der Waals surface area contributed by atoms with Crippen molar-refractivity contribution >= 4 is 28.9 Å². The predicted octanol–water partition coefficient (Wildman–Crippen LogP) is 0.288. The van der Waals surface area contributed by atoms with Crippen molar-refractivity contribution in [2.24, 2.45) is 10.8 Å². The van der Waals surface area contributed by atoms with Crippen LogP contribution < -0.4 is 11.1 Å². The fourth-order valence-electron chi connectivity index (χ4n) is 2.11. The first kappa shape index (κ1) is 14.3. The lowest BCUT2D eigenvalue weighted by Crippen LogP contribution is -2.46. The summed E-state index contributed by atoms with van der Waals surface area (Å²) in [4.78, 5) is 27.7. The number of likely N-dealkylation sites (N-methyl/N-ethyl adjacent to an activating group) is 1. The number of hydrazone groups is 1. The molecule has 0 aromatic carbocycles. The highest BCUT2D eigenvalue weighted by Crippen LogP contribution is 2.21. The number of hydrogen-bond donors (Lipinski definition) is 2. The molecule has 3 N–H and O–H groups in total. The third-order valence-corrected chi connectivity index (χ3v) is 3.80. The number of rotatable bonds is 4. The summed E-state index contributed by atoms with van der Waals surface area (Å²) < 4.78 is 5.29. The van der Waals surface area contributed by atoms with Crippen LogP contribution in [-0.2, 0) is 4.79 Å². The maximum absolute atomic E-state index is 12.2. The van der Waals surface area contributed by atoms with Gasteiger partial charge in [0.1, 0.15) is 12.0 Å². The van der Waals surface area contributed by atoms with Crippen molar-refractivity contribution in [2.75, 3.05) is 13.6 Å². The predicted molar refractivity (Wildman–Crippen MR) is 80.3 cm³/mol. The molecular weight excluding hydrogens is 306 g/mol. The molecular formula is C13H13N5O3S. The molecule has 0 saturated carbocycles. The first-order chi connectivity index (χ1) is 10.5. The van der Waals surface area contributed by atoms with Gasteiger partial charge in [0.15, 0.2) is 5.69 Å². The van der Waals surface area contributed by atoms with Gasteiger partial charge in [0.25, 0.3) is 11.8 Å². The molecule has 22 heavy (non-hydrogen) atoms. The zero-order chi connectivity index (χ0) is 15.7. The summed E-state index contributed by atoms with van der Waals surface area (Å²) in [6.07, 6.45) is 1.28. The van der Waals surface area contributed by atoms with E-state index < -0.39 is 17.9 Å². The largest absolute Gasteiger partial charge is 0.444 e. The van der Waals surface area contributed by atoms with Gasteiger partial charge in [-0.2, -0.15) is 16.4 Å². The molecule has 0 bridgehead atoms. The molecule has 114 valence electrons. The van der Waals surface area contributed by atoms with E-state index in [4.69, 9.17) is 10.2 Å². The summed E-state index contributed by atoms with van der Waals surface area (Å²) >= 11 is 1.51. The Morgan fingerprint density at radius 3 is 3.05 bits per heavy atom. The van der Waals surface area contributed by atoms with Crippen LogP contribution in [0.2, 0.25) is 0 Å². The Hall–Kier alpha value is -2.68. The monoisotopic (exact) mass is 319 g/mol. The van der Waals surface area contributed by atoms with Gasteiger partial charge in [-0.05, 0) is 11.4 Å². The second-order valence-corrected chi connectivity index (χ2v) is 5.55. The lowest BCUT2D eigenvalue weighted by Gasteiger charge is -2.12. The van der Waals surface area contributed by atoms with E-state index in [1.54, 1.807) is 12.1 Å². The molecule has 1 atom stereocenters. The molecule has 3 heterocycles. The molecule has 1 unspecified atom stereocenters. The number of oxazole rings is 1. The molecule has 0 aliphatic carbocycles. The molecule has 1 aliphatic heterocycles. The Labute approximate surface area is 129 Å². The molecule has 0 saturated heterocycles. The standard InChI is InChI=1S/C13H13N5O3S/c1-18-4-8(10(17-18)11(14)19)15-12(20)9-5-21-13(16-9)7-2-3-22-6-7/h2-3,5-6,8H,4H2,1H3,(H2,14,19)(H,15,20). The summed E-state index contributed by atoms with van der Waals surface area (Å²) in [6, 6.07) is 1.29. The number of carbonyl (C=O) groups is 2. The number of primary amides is 1. The zero-order valence-electron chi connectivity index (χ0n) is 11.6. The van der Waals surface area contributed by atoms with Crippen molar-refractivity contribution in [3.63, 3.8) is 0 Å². The molecule has 8 nitrogen and oxygen atoms in total. The Morgan fingerprint density at radius 2 is 2.36 bits per heavy atom.